The number of carbonyl (C=O) groups excluding carboxylic acids is 1. The number of aryl methyl sites for hydroxylation is 2. The van der Waals surface area contributed by atoms with E-state index in [1.54, 1.807) is 13.0 Å². The molecule has 0 spiro atoms. The Kier molecular flexibility index (Phi) is 4.51. The standard InChI is InChI=1S/C17H18FNO/c1-12-3-6-15(7-4-12)19-10-9-17(20)14-5-8-16(18)13(2)11-14/h3-8,11,19H,9-10H2,1-2H3. The molecule has 20 heavy (non-hydrogen) atoms. The summed E-state index contributed by atoms with van der Waals surface area (Å²) in [6.07, 6.45) is 0.388. The van der Waals surface area contributed by atoms with Crippen molar-refractivity contribution < 1.29 is 9.18 Å². The van der Waals surface area contributed by atoms with Gasteiger partial charge in [0.05, 0.1) is 0 Å². The number of Topliss-reactive ketones (excluding diaryl/α,β-unsaturated/α-hetero) is 1. The third-order valence-corrected chi connectivity index (χ3v) is 3.21. The minimum absolute atomic E-state index is 0.0210. The zero-order valence-corrected chi connectivity index (χ0v) is 11.7. The van der Waals surface area contributed by atoms with Crippen molar-refractivity contribution in [3.63, 3.8) is 0 Å². The third kappa shape index (κ3) is 3.67. The van der Waals surface area contributed by atoms with Gasteiger partial charge in [-0.3, -0.25) is 4.79 Å². The quantitative estimate of drug-likeness (QED) is 0.828. The first-order chi connectivity index (χ1) is 9.56. The number of halogens is 1. The molecule has 2 nitrogen and oxygen atoms in total. The zero-order valence-electron chi connectivity index (χ0n) is 11.7. The molecule has 0 amide bonds. The van der Waals surface area contributed by atoms with E-state index in [9.17, 15) is 9.18 Å². The van der Waals surface area contributed by atoms with Crippen LogP contribution in [-0.2, 0) is 0 Å². The summed E-state index contributed by atoms with van der Waals surface area (Å²) in [5.74, 6) is -0.257. The number of rotatable bonds is 5. The summed E-state index contributed by atoms with van der Waals surface area (Å²) in [5, 5.41) is 3.20. The van der Waals surface area contributed by atoms with Crippen molar-refractivity contribution in [3.05, 3.63) is 65.0 Å². The lowest BCUT2D eigenvalue weighted by Crippen LogP contribution is -2.09. The molecule has 2 aromatic carbocycles. The molecule has 0 atom stereocenters. The molecule has 0 aromatic heterocycles. The molecule has 0 heterocycles. The number of carbonyl (C=O) groups is 1. The average Bonchev–Trinajstić information content (AvgIpc) is 2.44. The summed E-state index contributed by atoms with van der Waals surface area (Å²) < 4.78 is 13.1. The molecule has 0 bridgehead atoms. The van der Waals surface area contributed by atoms with Crippen LogP contribution in [-0.4, -0.2) is 12.3 Å². The molecule has 2 rings (SSSR count). The summed E-state index contributed by atoms with van der Waals surface area (Å²) >= 11 is 0. The summed E-state index contributed by atoms with van der Waals surface area (Å²) in [7, 11) is 0. The van der Waals surface area contributed by atoms with Gasteiger partial charge in [0.1, 0.15) is 5.82 Å². The van der Waals surface area contributed by atoms with Gasteiger partial charge < -0.3 is 5.32 Å². The van der Waals surface area contributed by atoms with Crippen molar-refractivity contribution in [2.45, 2.75) is 20.3 Å². The highest BCUT2D eigenvalue weighted by atomic mass is 19.1. The molecular weight excluding hydrogens is 253 g/mol. The second-order valence-corrected chi connectivity index (χ2v) is 4.93. The molecule has 1 N–H and O–H groups in total. The second kappa shape index (κ2) is 6.33. The fraction of sp³-hybridized carbons (Fsp3) is 0.235. The predicted octanol–water partition coefficient (Wildman–Crippen LogP) is 4.13. The monoisotopic (exact) mass is 271 g/mol. The molecule has 0 radical (unpaired) electrons. The maximum atomic E-state index is 13.1. The predicted molar refractivity (Wildman–Crippen MR) is 79.8 cm³/mol. The Morgan fingerprint density at radius 2 is 1.80 bits per heavy atom. The molecule has 104 valence electrons. The topological polar surface area (TPSA) is 29.1 Å². The van der Waals surface area contributed by atoms with Crippen LogP contribution in [0.15, 0.2) is 42.5 Å². The van der Waals surface area contributed by atoms with Crippen molar-refractivity contribution in [2.75, 3.05) is 11.9 Å². The van der Waals surface area contributed by atoms with Crippen molar-refractivity contribution in [2.24, 2.45) is 0 Å². The number of anilines is 1. The Hall–Kier alpha value is -2.16. The van der Waals surface area contributed by atoms with Crippen LogP contribution in [0.25, 0.3) is 0 Å². The minimum atomic E-state index is -0.278. The van der Waals surface area contributed by atoms with Crippen molar-refractivity contribution in [3.8, 4) is 0 Å². The Morgan fingerprint density at radius 3 is 2.45 bits per heavy atom. The van der Waals surface area contributed by atoms with Gasteiger partial charge in [-0.15, -0.1) is 0 Å². The lowest BCUT2D eigenvalue weighted by Gasteiger charge is -2.07. The first kappa shape index (κ1) is 14.3. The van der Waals surface area contributed by atoms with Crippen molar-refractivity contribution >= 4 is 11.5 Å². The second-order valence-electron chi connectivity index (χ2n) is 4.93. The van der Waals surface area contributed by atoms with Gasteiger partial charge in [0.15, 0.2) is 5.78 Å². The average molecular weight is 271 g/mol. The van der Waals surface area contributed by atoms with Gasteiger partial charge in [0.2, 0.25) is 0 Å². The van der Waals surface area contributed by atoms with E-state index in [4.69, 9.17) is 0 Å². The summed E-state index contributed by atoms with van der Waals surface area (Å²) in [6.45, 7) is 4.26. The van der Waals surface area contributed by atoms with Crippen LogP contribution in [0.4, 0.5) is 10.1 Å². The van der Waals surface area contributed by atoms with Gasteiger partial charge in [0.25, 0.3) is 0 Å². The van der Waals surface area contributed by atoms with Gasteiger partial charge in [-0.25, -0.2) is 4.39 Å². The molecule has 0 aliphatic rings. The first-order valence-corrected chi connectivity index (χ1v) is 6.66. The fourth-order valence-corrected chi connectivity index (χ4v) is 1.95. The Labute approximate surface area is 118 Å². The maximum Gasteiger partial charge on any atom is 0.164 e. The van der Waals surface area contributed by atoms with Crippen molar-refractivity contribution in [1.82, 2.24) is 0 Å². The number of benzene rings is 2. The number of hydrogen-bond donors (Lipinski definition) is 1. The fourth-order valence-electron chi connectivity index (χ4n) is 1.95. The highest BCUT2D eigenvalue weighted by Gasteiger charge is 2.07. The van der Waals surface area contributed by atoms with Crippen LogP contribution in [0, 0.1) is 19.7 Å². The van der Waals surface area contributed by atoms with Gasteiger partial charge in [0, 0.05) is 24.2 Å². The first-order valence-electron chi connectivity index (χ1n) is 6.66. The van der Waals surface area contributed by atoms with Gasteiger partial charge >= 0.3 is 0 Å². The van der Waals surface area contributed by atoms with E-state index in [-0.39, 0.29) is 11.6 Å². The van der Waals surface area contributed by atoms with E-state index in [0.717, 1.165) is 5.69 Å². The Balaban J connectivity index is 1.88. The molecule has 0 aliphatic carbocycles. The normalized spacial score (nSPS) is 10.3. The van der Waals surface area contributed by atoms with Gasteiger partial charge in [-0.1, -0.05) is 17.7 Å². The number of nitrogens with one attached hydrogen (secondary N) is 1. The molecule has 0 fully saturated rings. The lowest BCUT2D eigenvalue weighted by molar-refractivity contribution is 0.0986. The lowest BCUT2D eigenvalue weighted by atomic mass is 10.1. The van der Waals surface area contributed by atoms with E-state index >= 15 is 0 Å². The zero-order chi connectivity index (χ0) is 14.5. The highest BCUT2D eigenvalue weighted by molar-refractivity contribution is 5.96. The maximum absolute atomic E-state index is 13.1. The largest absolute Gasteiger partial charge is 0.385 e. The van der Waals surface area contributed by atoms with Crippen LogP contribution < -0.4 is 5.32 Å². The van der Waals surface area contributed by atoms with E-state index < -0.39 is 0 Å². The van der Waals surface area contributed by atoms with Crippen LogP contribution in [0.3, 0.4) is 0 Å². The van der Waals surface area contributed by atoms with E-state index in [0.29, 0.717) is 24.1 Å². The molecule has 0 saturated heterocycles. The molecule has 0 aliphatic heterocycles. The SMILES string of the molecule is Cc1ccc(NCCC(=O)c2ccc(F)c(C)c2)cc1. The number of ketones is 1. The number of hydrogen-bond acceptors (Lipinski definition) is 2. The smallest absolute Gasteiger partial charge is 0.164 e. The summed E-state index contributed by atoms with van der Waals surface area (Å²) in [5.41, 5.74) is 3.27. The van der Waals surface area contributed by atoms with Crippen LogP contribution in [0.5, 0.6) is 0 Å². The molecule has 0 unspecified atom stereocenters. The van der Waals surface area contributed by atoms with Gasteiger partial charge in [-0.05, 0) is 49.7 Å². The summed E-state index contributed by atoms with van der Waals surface area (Å²) in [4.78, 5) is 12.0. The highest BCUT2D eigenvalue weighted by Crippen LogP contribution is 2.12. The summed E-state index contributed by atoms with van der Waals surface area (Å²) in [6, 6.07) is 12.5. The molecule has 2 aromatic rings. The van der Waals surface area contributed by atoms with Crippen LogP contribution in [0.1, 0.15) is 27.9 Å². The van der Waals surface area contributed by atoms with E-state index in [1.165, 1.54) is 17.7 Å². The molecular formula is C17H18FNO. The molecule has 0 saturated carbocycles. The van der Waals surface area contributed by atoms with E-state index in [2.05, 4.69) is 5.32 Å². The van der Waals surface area contributed by atoms with Crippen molar-refractivity contribution in [1.29, 1.82) is 0 Å². The van der Waals surface area contributed by atoms with Crippen LogP contribution in [0.2, 0.25) is 0 Å². The minimum Gasteiger partial charge on any atom is -0.385 e. The van der Waals surface area contributed by atoms with E-state index in [1.807, 2.05) is 31.2 Å². The third-order valence-electron chi connectivity index (χ3n) is 3.21. The van der Waals surface area contributed by atoms with Gasteiger partial charge in [-0.2, -0.15) is 0 Å². The molecule has 3 heteroatoms. The van der Waals surface area contributed by atoms with Crippen LogP contribution >= 0.6 is 0 Å². The Bertz CT molecular complexity index is 605. The Morgan fingerprint density at radius 1 is 1.10 bits per heavy atom.